The molecule has 1 fully saturated rings. The van der Waals surface area contributed by atoms with Gasteiger partial charge in [0.15, 0.2) is 0 Å². The largest absolute Gasteiger partial charge is 0.494 e. The first-order valence-corrected chi connectivity index (χ1v) is 9.89. The smallest absolute Gasteiger partial charge is 0.254 e. The first kappa shape index (κ1) is 20.7. The molecule has 1 heterocycles. The summed E-state index contributed by atoms with van der Waals surface area (Å²) in [7, 11) is 0. The Bertz CT molecular complexity index is 817. The van der Waals surface area contributed by atoms with Crippen LogP contribution in [-0.4, -0.2) is 56.2 Å². The summed E-state index contributed by atoms with van der Waals surface area (Å²) in [6.07, 6.45) is 0.948. The zero-order valence-corrected chi connectivity index (χ0v) is 16.6. The molecule has 3 rings (SSSR count). The number of carbonyl (C=O) groups is 2. The minimum Gasteiger partial charge on any atom is -0.494 e. The molecule has 0 radical (unpaired) electrons. The number of morpholine rings is 1. The Morgan fingerprint density at radius 2 is 1.83 bits per heavy atom. The summed E-state index contributed by atoms with van der Waals surface area (Å²) in [6, 6.07) is 14.5. The van der Waals surface area contributed by atoms with E-state index in [0.29, 0.717) is 44.2 Å². The standard InChI is InChI=1S/C22H27N3O4/c1-2-12-29-20-8-6-18(7-9-20)24-21(26)16-23-19-5-3-4-17(15-19)22(27)25-10-13-28-14-11-25/h3-9,15,23H,2,10-14,16H2,1H3,(H,24,26). The van der Waals surface area contributed by atoms with Crippen LogP contribution in [0.25, 0.3) is 0 Å². The van der Waals surface area contributed by atoms with Gasteiger partial charge in [0.1, 0.15) is 5.75 Å². The first-order chi connectivity index (χ1) is 14.2. The maximum absolute atomic E-state index is 12.6. The van der Waals surface area contributed by atoms with Crippen LogP contribution in [0.2, 0.25) is 0 Å². The first-order valence-electron chi connectivity index (χ1n) is 9.89. The van der Waals surface area contributed by atoms with Crippen molar-refractivity contribution in [2.24, 2.45) is 0 Å². The van der Waals surface area contributed by atoms with Gasteiger partial charge in [0.25, 0.3) is 5.91 Å². The average molecular weight is 397 g/mol. The minimum absolute atomic E-state index is 0.0215. The van der Waals surface area contributed by atoms with Crippen molar-refractivity contribution in [2.45, 2.75) is 13.3 Å². The van der Waals surface area contributed by atoms with Crippen molar-refractivity contribution in [1.29, 1.82) is 0 Å². The summed E-state index contributed by atoms with van der Waals surface area (Å²) < 4.78 is 10.8. The lowest BCUT2D eigenvalue weighted by atomic mass is 10.1. The molecule has 7 nitrogen and oxygen atoms in total. The Kier molecular flexibility index (Phi) is 7.47. The van der Waals surface area contributed by atoms with Crippen LogP contribution in [0.15, 0.2) is 48.5 Å². The second kappa shape index (κ2) is 10.5. The molecule has 2 aromatic rings. The van der Waals surface area contributed by atoms with E-state index in [9.17, 15) is 9.59 Å². The molecule has 7 heteroatoms. The van der Waals surface area contributed by atoms with Crippen LogP contribution in [0.3, 0.4) is 0 Å². The van der Waals surface area contributed by atoms with E-state index in [1.165, 1.54) is 0 Å². The summed E-state index contributed by atoms with van der Waals surface area (Å²) in [5.41, 5.74) is 2.03. The van der Waals surface area contributed by atoms with Gasteiger partial charge in [-0.25, -0.2) is 0 Å². The predicted molar refractivity (Wildman–Crippen MR) is 113 cm³/mol. The van der Waals surface area contributed by atoms with Crippen molar-refractivity contribution in [1.82, 2.24) is 4.90 Å². The lowest BCUT2D eigenvalue weighted by molar-refractivity contribution is -0.114. The van der Waals surface area contributed by atoms with Gasteiger partial charge in [-0.3, -0.25) is 9.59 Å². The van der Waals surface area contributed by atoms with E-state index in [0.717, 1.165) is 17.9 Å². The van der Waals surface area contributed by atoms with Crippen molar-refractivity contribution in [2.75, 3.05) is 50.1 Å². The molecule has 0 unspecified atom stereocenters. The summed E-state index contributed by atoms with van der Waals surface area (Å²) in [5.74, 6) is 0.591. The highest BCUT2D eigenvalue weighted by atomic mass is 16.5. The van der Waals surface area contributed by atoms with Crippen molar-refractivity contribution >= 4 is 23.2 Å². The van der Waals surface area contributed by atoms with Crippen molar-refractivity contribution in [3.8, 4) is 5.75 Å². The predicted octanol–water partition coefficient (Wildman–Crippen LogP) is 3.00. The van der Waals surface area contributed by atoms with E-state index in [1.807, 2.05) is 36.4 Å². The number of rotatable bonds is 8. The summed E-state index contributed by atoms with van der Waals surface area (Å²) in [5, 5.41) is 5.91. The number of anilines is 2. The molecule has 2 amide bonds. The van der Waals surface area contributed by atoms with Gasteiger partial charge in [-0.05, 0) is 48.9 Å². The molecule has 1 saturated heterocycles. The van der Waals surface area contributed by atoms with Gasteiger partial charge in [-0.15, -0.1) is 0 Å². The van der Waals surface area contributed by atoms with E-state index >= 15 is 0 Å². The zero-order valence-electron chi connectivity index (χ0n) is 16.6. The normalized spacial score (nSPS) is 13.6. The molecular formula is C22H27N3O4. The van der Waals surface area contributed by atoms with Crippen molar-refractivity contribution in [3.63, 3.8) is 0 Å². The Balaban J connectivity index is 1.50. The van der Waals surface area contributed by atoms with Crippen LogP contribution in [-0.2, 0) is 9.53 Å². The van der Waals surface area contributed by atoms with Crippen LogP contribution < -0.4 is 15.4 Å². The second-order valence-electron chi connectivity index (χ2n) is 6.76. The highest BCUT2D eigenvalue weighted by Gasteiger charge is 2.18. The third kappa shape index (κ3) is 6.22. The maximum atomic E-state index is 12.6. The number of nitrogens with zero attached hydrogens (tertiary/aromatic N) is 1. The van der Waals surface area contributed by atoms with Crippen molar-refractivity contribution in [3.05, 3.63) is 54.1 Å². The van der Waals surface area contributed by atoms with Gasteiger partial charge in [-0.1, -0.05) is 13.0 Å². The lowest BCUT2D eigenvalue weighted by Gasteiger charge is -2.27. The summed E-state index contributed by atoms with van der Waals surface area (Å²) in [6.45, 7) is 5.15. The second-order valence-corrected chi connectivity index (χ2v) is 6.76. The fourth-order valence-electron chi connectivity index (χ4n) is 2.95. The van der Waals surface area contributed by atoms with E-state index in [1.54, 1.807) is 17.0 Å². The Morgan fingerprint density at radius 1 is 1.07 bits per heavy atom. The number of amides is 2. The van der Waals surface area contributed by atoms with Gasteiger partial charge in [-0.2, -0.15) is 0 Å². The van der Waals surface area contributed by atoms with E-state index in [2.05, 4.69) is 17.6 Å². The molecule has 0 atom stereocenters. The molecular weight excluding hydrogens is 370 g/mol. The number of benzene rings is 2. The Hall–Kier alpha value is -3.06. The average Bonchev–Trinajstić information content (AvgIpc) is 2.77. The van der Waals surface area contributed by atoms with E-state index in [4.69, 9.17) is 9.47 Å². The number of carbonyl (C=O) groups excluding carboxylic acids is 2. The number of nitrogens with one attached hydrogen (secondary N) is 2. The third-order valence-electron chi connectivity index (χ3n) is 4.47. The molecule has 0 saturated carbocycles. The lowest BCUT2D eigenvalue weighted by Crippen LogP contribution is -2.40. The topological polar surface area (TPSA) is 79.9 Å². The van der Waals surface area contributed by atoms with Gasteiger partial charge in [0.05, 0.1) is 26.4 Å². The van der Waals surface area contributed by atoms with E-state index in [-0.39, 0.29) is 18.4 Å². The molecule has 154 valence electrons. The molecule has 2 aromatic carbocycles. The Labute approximate surface area is 171 Å². The van der Waals surface area contributed by atoms with Crippen LogP contribution in [0.4, 0.5) is 11.4 Å². The van der Waals surface area contributed by atoms with E-state index < -0.39 is 0 Å². The summed E-state index contributed by atoms with van der Waals surface area (Å²) in [4.78, 5) is 26.6. The van der Waals surface area contributed by atoms with Gasteiger partial charge in [0.2, 0.25) is 5.91 Å². The molecule has 0 aliphatic carbocycles. The highest BCUT2D eigenvalue weighted by molar-refractivity contribution is 5.96. The highest BCUT2D eigenvalue weighted by Crippen LogP contribution is 2.16. The zero-order chi connectivity index (χ0) is 20.5. The molecule has 0 spiro atoms. The third-order valence-corrected chi connectivity index (χ3v) is 4.47. The Morgan fingerprint density at radius 3 is 2.55 bits per heavy atom. The van der Waals surface area contributed by atoms with Crippen LogP contribution >= 0.6 is 0 Å². The molecule has 2 N–H and O–H groups in total. The summed E-state index contributed by atoms with van der Waals surface area (Å²) >= 11 is 0. The molecule has 1 aliphatic heterocycles. The van der Waals surface area contributed by atoms with Gasteiger partial charge >= 0.3 is 0 Å². The molecule has 29 heavy (non-hydrogen) atoms. The SMILES string of the molecule is CCCOc1ccc(NC(=O)CNc2cccc(C(=O)N3CCOCC3)c2)cc1. The molecule has 1 aliphatic rings. The van der Waals surface area contributed by atoms with Crippen molar-refractivity contribution < 1.29 is 19.1 Å². The van der Waals surface area contributed by atoms with Crippen LogP contribution in [0, 0.1) is 0 Å². The minimum atomic E-state index is -0.169. The fourth-order valence-corrected chi connectivity index (χ4v) is 2.95. The van der Waals surface area contributed by atoms with Gasteiger partial charge in [0, 0.05) is 30.0 Å². The quantitative estimate of drug-likeness (QED) is 0.716. The fraction of sp³-hybridized carbons (Fsp3) is 0.364. The molecule has 0 aromatic heterocycles. The number of ether oxygens (including phenoxy) is 2. The monoisotopic (exact) mass is 397 g/mol. The maximum Gasteiger partial charge on any atom is 0.254 e. The van der Waals surface area contributed by atoms with Gasteiger partial charge < -0.3 is 25.0 Å². The van der Waals surface area contributed by atoms with Crippen LogP contribution in [0.5, 0.6) is 5.75 Å². The number of hydrogen-bond donors (Lipinski definition) is 2. The number of hydrogen-bond acceptors (Lipinski definition) is 5. The van der Waals surface area contributed by atoms with Crippen LogP contribution in [0.1, 0.15) is 23.7 Å². The molecule has 0 bridgehead atoms.